The summed E-state index contributed by atoms with van der Waals surface area (Å²) in [6, 6.07) is 5.72. The summed E-state index contributed by atoms with van der Waals surface area (Å²) in [6.07, 6.45) is 3.21. The topological polar surface area (TPSA) is 92.5 Å². The van der Waals surface area contributed by atoms with Crippen LogP contribution < -0.4 is 4.72 Å². The third-order valence-electron chi connectivity index (χ3n) is 3.65. The number of nitrogens with zero attached hydrogens (tertiary/aromatic N) is 2. The van der Waals surface area contributed by atoms with E-state index in [1.54, 1.807) is 6.07 Å². The number of nitro benzene ring substituents is 1. The first-order valence-corrected chi connectivity index (χ1v) is 9.04. The van der Waals surface area contributed by atoms with Gasteiger partial charge in [0.1, 0.15) is 0 Å². The van der Waals surface area contributed by atoms with Crippen molar-refractivity contribution < 1.29 is 13.3 Å². The lowest BCUT2D eigenvalue weighted by Gasteiger charge is -2.14. The highest BCUT2D eigenvalue weighted by Crippen LogP contribution is 2.15. The summed E-state index contributed by atoms with van der Waals surface area (Å²) in [7, 11) is -3.46. The Balaban J connectivity index is 1.80. The predicted molar refractivity (Wildman–Crippen MR) is 84.0 cm³/mol. The van der Waals surface area contributed by atoms with Crippen LogP contribution in [0.2, 0.25) is 0 Å². The quantitative estimate of drug-likeness (QED) is 0.444. The van der Waals surface area contributed by atoms with Gasteiger partial charge in [0.15, 0.2) is 0 Å². The second-order valence-corrected chi connectivity index (χ2v) is 7.29. The van der Waals surface area contributed by atoms with Crippen LogP contribution in [-0.2, 0) is 15.8 Å². The summed E-state index contributed by atoms with van der Waals surface area (Å²) < 4.78 is 26.5. The molecular weight excluding hydrogens is 306 g/mol. The number of rotatable bonds is 8. The minimum absolute atomic E-state index is 0.0956. The Morgan fingerprint density at radius 1 is 1.27 bits per heavy atom. The number of sulfonamides is 1. The molecule has 7 nitrogen and oxygen atoms in total. The van der Waals surface area contributed by atoms with E-state index in [-0.39, 0.29) is 11.4 Å². The molecule has 0 aliphatic carbocycles. The Morgan fingerprint density at radius 2 is 2.00 bits per heavy atom. The van der Waals surface area contributed by atoms with E-state index in [0.29, 0.717) is 12.1 Å². The largest absolute Gasteiger partial charge is 0.303 e. The molecule has 1 aromatic carbocycles. The second kappa shape index (κ2) is 7.66. The maximum Gasteiger partial charge on any atom is 0.269 e. The molecule has 8 heteroatoms. The summed E-state index contributed by atoms with van der Waals surface area (Å²) >= 11 is 0. The molecule has 22 heavy (non-hydrogen) atoms. The number of nitro groups is 1. The van der Waals surface area contributed by atoms with Crippen LogP contribution in [0.5, 0.6) is 0 Å². The van der Waals surface area contributed by atoms with Crippen LogP contribution in [0.25, 0.3) is 0 Å². The Labute approximate surface area is 130 Å². The van der Waals surface area contributed by atoms with Gasteiger partial charge in [-0.3, -0.25) is 10.1 Å². The molecule has 1 N–H and O–H groups in total. The molecule has 1 aliphatic rings. The van der Waals surface area contributed by atoms with Crippen LogP contribution in [0.15, 0.2) is 24.3 Å². The predicted octanol–water partition coefficient (Wildman–Crippen LogP) is 1.50. The van der Waals surface area contributed by atoms with E-state index < -0.39 is 14.9 Å². The fourth-order valence-corrected chi connectivity index (χ4v) is 3.74. The van der Waals surface area contributed by atoms with Crippen molar-refractivity contribution in [2.75, 3.05) is 26.2 Å². The van der Waals surface area contributed by atoms with E-state index in [1.807, 2.05) is 0 Å². The number of non-ortho nitro benzene ring substituents is 1. The first-order valence-electron chi connectivity index (χ1n) is 7.39. The zero-order valence-electron chi connectivity index (χ0n) is 12.4. The minimum Gasteiger partial charge on any atom is -0.303 e. The van der Waals surface area contributed by atoms with Gasteiger partial charge in [-0.15, -0.1) is 0 Å². The molecule has 0 bridgehead atoms. The Kier molecular flexibility index (Phi) is 5.87. The van der Waals surface area contributed by atoms with Gasteiger partial charge in [0.2, 0.25) is 10.0 Å². The fourth-order valence-electron chi connectivity index (χ4n) is 2.57. The van der Waals surface area contributed by atoms with Gasteiger partial charge in [0.25, 0.3) is 5.69 Å². The Hall–Kier alpha value is -1.51. The number of benzene rings is 1. The summed E-state index contributed by atoms with van der Waals surface area (Å²) in [4.78, 5) is 12.5. The van der Waals surface area contributed by atoms with Crippen LogP contribution in [0.4, 0.5) is 5.69 Å². The van der Waals surface area contributed by atoms with Gasteiger partial charge in [-0.25, -0.2) is 13.1 Å². The summed E-state index contributed by atoms with van der Waals surface area (Å²) in [5.74, 6) is -0.238. The van der Waals surface area contributed by atoms with E-state index in [1.165, 1.54) is 31.0 Å². The van der Waals surface area contributed by atoms with E-state index in [0.717, 1.165) is 26.1 Å². The molecule has 0 amide bonds. The van der Waals surface area contributed by atoms with Crippen LogP contribution in [0.1, 0.15) is 24.8 Å². The van der Waals surface area contributed by atoms with Gasteiger partial charge in [-0.1, -0.05) is 12.1 Å². The van der Waals surface area contributed by atoms with E-state index in [2.05, 4.69) is 9.62 Å². The molecule has 0 atom stereocenters. The number of hydrogen-bond donors (Lipinski definition) is 1. The standard InChI is InChI=1S/C14H21N3O4S/c18-17(19)14-6-3-5-13(11-14)12-22(20,21)15-7-4-10-16-8-1-2-9-16/h3,5-6,11,15H,1-2,4,7-10,12H2. The monoisotopic (exact) mass is 327 g/mol. The molecule has 0 spiro atoms. The molecule has 1 aromatic rings. The zero-order valence-corrected chi connectivity index (χ0v) is 13.2. The molecule has 0 radical (unpaired) electrons. The molecule has 2 rings (SSSR count). The van der Waals surface area contributed by atoms with E-state index >= 15 is 0 Å². The molecule has 0 unspecified atom stereocenters. The van der Waals surface area contributed by atoms with Crippen LogP contribution in [0, 0.1) is 10.1 Å². The smallest absolute Gasteiger partial charge is 0.269 e. The van der Waals surface area contributed by atoms with Crippen molar-refractivity contribution in [1.82, 2.24) is 9.62 Å². The Morgan fingerprint density at radius 3 is 2.68 bits per heavy atom. The minimum atomic E-state index is -3.46. The lowest BCUT2D eigenvalue weighted by Crippen LogP contribution is -2.29. The number of hydrogen-bond acceptors (Lipinski definition) is 5. The first kappa shape index (κ1) is 16.9. The molecular formula is C14H21N3O4S. The third-order valence-corrected chi connectivity index (χ3v) is 5.01. The average molecular weight is 327 g/mol. The fraction of sp³-hybridized carbons (Fsp3) is 0.571. The molecule has 122 valence electrons. The van der Waals surface area contributed by atoms with Crippen molar-refractivity contribution in [2.24, 2.45) is 0 Å². The highest BCUT2D eigenvalue weighted by Gasteiger charge is 2.15. The van der Waals surface area contributed by atoms with Gasteiger partial charge in [-0.05, 0) is 44.5 Å². The SMILES string of the molecule is O=[N+]([O-])c1cccc(CS(=O)(=O)NCCCN2CCCC2)c1. The molecule has 0 aromatic heterocycles. The number of likely N-dealkylation sites (tertiary alicyclic amines) is 1. The van der Waals surface area contributed by atoms with Crippen molar-refractivity contribution in [3.63, 3.8) is 0 Å². The van der Waals surface area contributed by atoms with Gasteiger partial charge in [-0.2, -0.15) is 0 Å². The highest BCUT2D eigenvalue weighted by molar-refractivity contribution is 7.88. The van der Waals surface area contributed by atoms with E-state index in [9.17, 15) is 18.5 Å². The van der Waals surface area contributed by atoms with Crippen LogP contribution >= 0.6 is 0 Å². The summed E-state index contributed by atoms with van der Waals surface area (Å²) in [5, 5.41) is 10.7. The lowest BCUT2D eigenvalue weighted by molar-refractivity contribution is -0.384. The van der Waals surface area contributed by atoms with Crippen molar-refractivity contribution >= 4 is 15.7 Å². The second-order valence-electron chi connectivity index (χ2n) is 5.48. The average Bonchev–Trinajstić information content (AvgIpc) is 2.96. The zero-order chi connectivity index (χ0) is 16.0. The van der Waals surface area contributed by atoms with E-state index in [4.69, 9.17) is 0 Å². The first-order chi connectivity index (χ1) is 10.5. The molecule has 1 fully saturated rings. The maximum absolute atomic E-state index is 12.0. The number of nitrogens with one attached hydrogen (secondary N) is 1. The van der Waals surface area contributed by atoms with Crippen LogP contribution in [-0.4, -0.2) is 44.4 Å². The highest BCUT2D eigenvalue weighted by atomic mass is 32.2. The van der Waals surface area contributed by atoms with Crippen LogP contribution in [0.3, 0.4) is 0 Å². The van der Waals surface area contributed by atoms with Crippen molar-refractivity contribution in [3.05, 3.63) is 39.9 Å². The Bertz CT molecular complexity index is 612. The van der Waals surface area contributed by atoms with Crippen molar-refractivity contribution in [2.45, 2.75) is 25.0 Å². The summed E-state index contributed by atoms with van der Waals surface area (Å²) in [5.41, 5.74) is 0.322. The maximum atomic E-state index is 12.0. The lowest BCUT2D eigenvalue weighted by atomic mass is 10.2. The molecule has 1 saturated heterocycles. The molecule has 1 aliphatic heterocycles. The molecule has 0 saturated carbocycles. The van der Waals surface area contributed by atoms with Gasteiger partial charge in [0.05, 0.1) is 10.7 Å². The van der Waals surface area contributed by atoms with Crippen molar-refractivity contribution in [1.29, 1.82) is 0 Å². The van der Waals surface area contributed by atoms with Gasteiger partial charge in [0, 0.05) is 18.7 Å². The third kappa shape index (κ3) is 5.36. The van der Waals surface area contributed by atoms with Gasteiger partial charge >= 0.3 is 0 Å². The van der Waals surface area contributed by atoms with Crippen molar-refractivity contribution in [3.8, 4) is 0 Å². The normalized spacial score (nSPS) is 16.0. The molecule has 1 heterocycles. The van der Waals surface area contributed by atoms with Gasteiger partial charge < -0.3 is 4.90 Å². The summed E-state index contributed by atoms with van der Waals surface area (Å²) in [6.45, 7) is 3.49.